The maximum atomic E-state index is 13.3. The molecule has 7 atom stereocenters. The van der Waals surface area contributed by atoms with Crippen LogP contribution in [0.15, 0.2) is 0 Å². The number of nitrogens with zero attached hydrogens (tertiary/aromatic N) is 2. The maximum absolute atomic E-state index is 13.3. The molecule has 1 saturated heterocycles. The molecule has 0 aromatic heterocycles. The Morgan fingerprint density at radius 3 is 2.59 bits per heavy atom. The molecule has 2 amide bonds. The number of fused-ring (bicyclic) bond motifs is 5. The highest BCUT2D eigenvalue weighted by Gasteiger charge is 2.65. The number of quaternary nitrogens is 1. The molecule has 29 heavy (non-hydrogen) atoms. The van der Waals surface area contributed by atoms with Gasteiger partial charge in [0.15, 0.2) is 0 Å². The lowest BCUT2D eigenvalue weighted by Gasteiger charge is -2.63. The van der Waals surface area contributed by atoms with Gasteiger partial charge in [0, 0.05) is 11.8 Å². The average Bonchev–Trinajstić information content (AvgIpc) is 3.10. The summed E-state index contributed by atoms with van der Waals surface area (Å²) in [6, 6.07) is 0.266. The Morgan fingerprint density at radius 1 is 1.07 bits per heavy atom. The first kappa shape index (κ1) is 21.3. The van der Waals surface area contributed by atoms with Crippen molar-refractivity contribution in [1.29, 1.82) is 0 Å². The van der Waals surface area contributed by atoms with Crippen molar-refractivity contribution in [3.05, 3.63) is 0 Å². The Hall–Kier alpha value is -0.900. The van der Waals surface area contributed by atoms with Gasteiger partial charge in [0.1, 0.15) is 6.04 Å². The molecule has 0 bridgehead atoms. The van der Waals surface area contributed by atoms with Crippen LogP contribution in [0.25, 0.3) is 0 Å². The van der Waals surface area contributed by atoms with Crippen molar-refractivity contribution < 1.29 is 14.2 Å². The van der Waals surface area contributed by atoms with Crippen LogP contribution in [0.5, 0.6) is 0 Å². The van der Waals surface area contributed by atoms with E-state index in [1.165, 1.54) is 38.5 Å². The van der Waals surface area contributed by atoms with Gasteiger partial charge in [-0.25, -0.2) is 4.79 Å². The standard InChI is InChI=1S/C25H43N2O2/c1-5-6-7-17-26(18-28)27(4)22-11-10-19-20-9-8-14-24(20,2)15-12-21(19)25(22,3)16-13-23(27)29/h18-22H,5-17H2,1-4H3/q+1/t19-,20-,21-,22+,24-,25+,27?/m0/s1. The van der Waals surface area contributed by atoms with Crippen molar-refractivity contribution in [3.63, 3.8) is 0 Å². The minimum absolute atomic E-state index is 0.182. The number of hydrogen-bond donors (Lipinski definition) is 0. The van der Waals surface area contributed by atoms with Crippen molar-refractivity contribution in [3.8, 4) is 0 Å². The van der Waals surface area contributed by atoms with Gasteiger partial charge in [-0.3, -0.25) is 4.79 Å². The predicted octanol–water partition coefficient (Wildman–Crippen LogP) is 5.32. The lowest BCUT2D eigenvalue weighted by atomic mass is 9.47. The van der Waals surface area contributed by atoms with Crippen LogP contribution in [0.2, 0.25) is 0 Å². The Labute approximate surface area is 177 Å². The van der Waals surface area contributed by atoms with Crippen molar-refractivity contribution in [2.24, 2.45) is 28.6 Å². The van der Waals surface area contributed by atoms with Gasteiger partial charge < -0.3 is 0 Å². The van der Waals surface area contributed by atoms with Crippen molar-refractivity contribution >= 4 is 12.3 Å². The minimum atomic E-state index is 0.182. The molecule has 0 radical (unpaired) electrons. The molecule has 4 fully saturated rings. The van der Waals surface area contributed by atoms with E-state index in [0.717, 1.165) is 56.3 Å². The molecule has 4 nitrogen and oxygen atoms in total. The molecule has 0 N–H and O–H groups in total. The fourth-order valence-corrected chi connectivity index (χ4v) is 8.59. The van der Waals surface area contributed by atoms with Crippen LogP contribution >= 0.6 is 0 Å². The van der Waals surface area contributed by atoms with E-state index in [0.29, 0.717) is 18.4 Å². The number of hydrogen-bond acceptors (Lipinski definition) is 2. The van der Waals surface area contributed by atoms with Gasteiger partial charge in [-0.2, -0.15) is 9.60 Å². The number of rotatable bonds is 6. The lowest BCUT2D eigenvalue weighted by Crippen LogP contribution is -2.74. The van der Waals surface area contributed by atoms with E-state index in [1.807, 2.05) is 5.01 Å². The van der Waals surface area contributed by atoms with Crippen LogP contribution in [0.4, 0.5) is 0 Å². The minimum Gasteiger partial charge on any atom is -0.273 e. The third-order valence-electron chi connectivity index (χ3n) is 10.2. The van der Waals surface area contributed by atoms with Gasteiger partial charge in [0.25, 0.3) is 6.41 Å². The molecule has 164 valence electrons. The van der Waals surface area contributed by atoms with E-state index >= 15 is 0 Å². The van der Waals surface area contributed by atoms with Crippen molar-refractivity contribution in [1.82, 2.24) is 5.01 Å². The molecule has 3 saturated carbocycles. The summed E-state index contributed by atoms with van der Waals surface area (Å²) in [5.41, 5.74) is 0.753. The normalized spacial score (nSPS) is 46.6. The predicted molar refractivity (Wildman–Crippen MR) is 116 cm³/mol. The van der Waals surface area contributed by atoms with Gasteiger partial charge in [-0.05, 0) is 68.1 Å². The van der Waals surface area contributed by atoms with Crippen LogP contribution in [0.1, 0.15) is 97.8 Å². The summed E-state index contributed by atoms with van der Waals surface area (Å²) in [5, 5.41) is 1.86. The molecule has 3 aliphatic carbocycles. The van der Waals surface area contributed by atoms with E-state index in [1.54, 1.807) is 0 Å². The first-order chi connectivity index (χ1) is 13.8. The van der Waals surface area contributed by atoms with Crippen LogP contribution in [-0.2, 0) is 9.59 Å². The number of amides is 2. The Morgan fingerprint density at radius 2 is 1.86 bits per heavy atom. The fraction of sp³-hybridized carbons (Fsp3) is 0.920. The van der Waals surface area contributed by atoms with Crippen molar-refractivity contribution in [2.45, 2.75) is 104 Å². The molecule has 0 aromatic rings. The number of piperidine rings is 1. The van der Waals surface area contributed by atoms with E-state index in [9.17, 15) is 9.59 Å². The monoisotopic (exact) mass is 403 g/mol. The first-order valence-electron chi connectivity index (χ1n) is 12.4. The summed E-state index contributed by atoms with van der Waals surface area (Å²) >= 11 is 0. The summed E-state index contributed by atoms with van der Waals surface area (Å²) < 4.78 is 0.245. The smallest absolute Gasteiger partial charge is 0.273 e. The van der Waals surface area contributed by atoms with Gasteiger partial charge in [-0.15, -0.1) is 0 Å². The Bertz CT molecular complexity index is 651. The molecule has 1 heterocycles. The summed E-state index contributed by atoms with van der Waals surface area (Å²) in [5.74, 6) is 2.72. The number of carbonyl (C=O) groups excluding carboxylic acids is 2. The molecule has 4 rings (SSSR count). The highest BCUT2D eigenvalue weighted by molar-refractivity contribution is 5.71. The molecule has 0 aromatic carbocycles. The molecule has 4 heteroatoms. The molecule has 1 unspecified atom stereocenters. The third kappa shape index (κ3) is 3.11. The summed E-state index contributed by atoms with van der Waals surface area (Å²) in [6.07, 6.45) is 15.2. The Balaban J connectivity index is 1.63. The van der Waals surface area contributed by atoms with Gasteiger partial charge in [0.05, 0.1) is 20.0 Å². The quantitative estimate of drug-likeness (QED) is 0.342. The van der Waals surface area contributed by atoms with Crippen molar-refractivity contribution in [2.75, 3.05) is 13.6 Å². The zero-order valence-electron chi connectivity index (χ0n) is 19.3. The van der Waals surface area contributed by atoms with E-state index in [-0.39, 0.29) is 22.0 Å². The molecular weight excluding hydrogens is 360 g/mol. The zero-order valence-corrected chi connectivity index (χ0v) is 19.3. The SMILES string of the molecule is CCCCCN(C=O)[N+]1(C)C(=O)CC[C@@]2(C)[C@H]1CC[C@H]1[C@@H]3CCC[C@@]3(C)CC[C@@H]12. The zero-order chi connectivity index (χ0) is 20.9. The van der Waals surface area contributed by atoms with Gasteiger partial charge in [-0.1, -0.05) is 40.0 Å². The molecule has 4 aliphatic rings. The number of unbranched alkanes of at least 4 members (excludes halogenated alkanes) is 2. The van der Waals surface area contributed by atoms with Crippen LogP contribution in [0.3, 0.4) is 0 Å². The Kier molecular flexibility index (Phi) is 5.63. The van der Waals surface area contributed by atoms with Gasteiger partial charge in [0.2, 0.25) is 0 Å². The molecular formula is C25H43N2O2+. The van der Waals surface area contributed by atoms with Crippen LogP contribution in [0, 0.1) is 28.6 Å². The first-order valence-corrected chi connectivity index (χ1v) is 12.4. The average molecular weight is 404 g/mol. The second-order valence-corrected chi connectivity index (χ2v) is 11.5. The second kappa shape index (κ2) is 7.66. The highest BCUT2D eigenvalue weighted by Crippen LogP contribution is 2.65. The number of likely N-dealkylation sites (tertiary alicyclic amines) is 1. The topological polar surface area (TPSA) is 37.4 Å². The highest BCUT2D eigenvalue weighted by atomic mass is 16.2. The van der Waals surface area contributed by atoms with E-state index in [4.69, 9.17) is 0 Å². The summed E-state index contributed by atoms with van der Waals surface area (Å²) in [6.45, 7) is 7.94. The third-order valence-corrected chi connectivity index (χ3v) is 10.2. The van der Waals surface area contributed by atoms with E-state index < -0.39 is 0 Å². The summed E-state index contributed by atoms with van der Waals surface area (Å²) in [7, 11) is 2.06. The second-order valence-electron chi connectivity index (χ2n) is 11.5. The van der Waals surface area contributed by atoms with Gasteiger partial charge >= 0.3 is 5.91 Å². The summed E-state index contributed by atoms with van der Waals surface area (Å²) in [4.78, 5) is 25.5. The van der Waals surface area contributed by atoms with E-state index in [2.05, 4.69) is 27.8 Å². The largest absolute Gasteiger partial charge is 0.338 e. The molecule has 1 aliphatic heterocycles. The lowest BCUT2D eigenvalue weighted by molar-refractivity contribution is -0.972. The fourth-order valence-electron chi connectivity index (χ4n) is 8.59. The number of carbonyl (C=O) groups is 2. The van der Waals surface area contributed by atoms with Crippen LogP contribution < -0.4 is 0 Å². The maximum Gasteiger partial charge on any atom is 0.338 e. The van der Waals surface area contributed by atoms with Crippen LogP contribution in [-0.4, -0.2) is 41.6 Å². The molecule has 0 spiro atoms.